The van der Waals surface area contributed by atoms with Gasteiger partial charge in [0.15, 0.2) is 0 Å². The van der Waals surface area contributed by atoms with Crippen molar-refractivity contribution in [2.45, 2.75) is 6.54 Å². The number of carbonyl (C=O) groups is 1. The molecule has 1 aromatic heterocycles. The highest BCUT2D eigenvalue weighted by atomic mass is 19.1. The lowest BCUT2D eigenvalue weighted by Crippen LogP contribution is -2.24. The number of carbonyl (C=O) groups excluding carboxylic acids is 1. The molecule has 2 aromatic rings. The summed E-state index contributed by atoms with van der Waals surface area (Å²) in [4.78, 5) is 12.1. The third-order valence-electron chi connectivity index (χ3n) is 2.59. The number of aliphatic hydroxyl groups is 1. The molecule has 1 aromatic carbocycles. The summed E-state index contributed by atoms with van der Waals surface area (Å²) in [5.41, 5.74) is 1.05. The van der Waals surface area contributed by atoms with Gasteiger partial charge in [-0.2, -0.15) is 10.2 Å². The number of rotatable bonds is 3. The van der Waals surface area contributed by atoms with Crippen LogP contribution in [-0.4, -0.2) is 27.8 Å². The molecule has 5 nitrogen and oxygen atoms in total. The Bertz CT molecular complexity index is 693. The van der Waals surface area contributed by atoms with Crippen LogP contribution in [0.25, 0.3) is 0 Å². The van der Waals surface area contributed by atoms with Gasteiger partial charge in [-0.3, -0.25) is 4.79 Å². The molecule has 0 saturated carbocycles. The summed E-state index contributed by atoms with van der Waals surface area (Å²) in [5.74, 6) is 4.04. The van der Waals surface area contributed by atoms with Crippen molar-refractivity contribution in [3.63, 3.8) is 0 Å². The quantitative estimate of drug-likeness (QED) is 0.821. The third kappa shape index (κ3) is 4.09. The number of aromatic nitrogens is 2. The summed E-state index contributed by atoms with van der Waals surface area (Å²) < 4.78 is 13.3. The van der Waals surface area contributed by atoms with Crippen LogP contribution in [0.4, 0.5) is 4.39 Å². The van der Waals surface area contributed by atoms with Crippen LogP contribution in [0.15, 0.2) is 36.5 Å². The fourth-order valence-corrected chi connectivity index (χ4v) is 1.64. The van der Waals surface area contributed by atoms with Crippen molar-refractivity contribution in [1.82, 2.24) is 15.5 Å². The minimum Gasteiger partial charge on any atom is -0.384 e. The molecule has 2 N–H and O–H groups in total. The van der Waals surface area contributed by atoms with Crippen LogP contribution < -0.4 is 5.32 Å². The van der Waals surface area contributed by atoms with Crippen LogP contribution in [-0.2, 0) is 6.54 Å². The van der Waals surface area contributed by atoms with Crippen molar-refractivity contribution in [1.29, 1.82) is 0 Å². The highest BCUT2D eigenvalue weighted by molar-refractivity contribution is 5.96. The van der Waals surface area contributed by atoms with Gasteiger partial charge in [0.05, 0.1) is 17.8 Å². The van der Waals surface area contributed by atoms with Crippen molar-refractivity contribution in [3.8, 4) is 11.8 Å². The summed E-state index contributed by atoms with van der Waals surface area (Å²) >= 11 is 0. The molecule has 0 aliphatic carbocycles. The molecule has 0 aliphatic rings. The zero-order chi connectivity index (χ0) is 15.1. The lowest BCUT2D eigenvalue weighted by Gasteiger charge is -2.06. The molecule has 6 heteroatoms. The summed E-state index contributed by atoms with van der Waals surface area (Å²) in [5, 5.41) is 18.9. The van der Waals surface area contributed by atoms with Crippen molar-refractivity contribution >= 4 is 5.91 Å². The number of nitrogens with zero attached hydrogens (tertiary/aromatic N) is 2. The van der Waals surface area contributed by atoms with E-state index in [1.165, 1.54) is 18.3 Å². The predicted molar refractivity (Wildman–Crippen MR) is 73.6 cm³/mol. The van der Waals surface area contributed by atoms with Gasteiger partial charge in [0.1, 0.15) is 12.4 Å². The van der Waals surface area contributed by atoms with Crippen LogP contribution in [0.5, 0.6) is 0 Å². The number of aliphatic hydroxyl groups excluding tert-OH is 1. The first kappa shape index (κ1) is 14.6. The fourth-order valence-electron chi connectivity index (χ4n) is 1.64. The van der Waals surface area contributed by atoms with Gasteiger partial charge < -0.3 is 10.4 Å². The van der Waals surface area contributed by atoms with Crippen LogP contribution in [0.2, 0.25) is 0 Å². The molecule has 0 aliphatic heterocycles. The van der Waals surface area contributed by atoms with E-state index in [2.05, 4.69) is 27.4 Å². The molecule has 1 amide bonds. The first-order chi connectivity index (χ1) is 10.2. The molecule has 0 bridgehead atoms. The van der Waals surface area contributed by atoms with Crippen LogP contribution in [0, 0.1) is 17.7 Å². The zero-order valence-corrected chi connectivity index (χ0v) is 11.0. The number of benzene rings is 1. The largest absolute Gasteiger partial charge is 0.384 e. The Balaban J connectivity index is 2.16. The average molecular weight is 285 g/mol. The van der Waals surface area contributed by atoms with Gasteiger partial charge in [-0.25, -0.2) is 4.39 Å². The van der Waals surface area contributed by atoms with E-state index in [4.69, 9.17) is 5.11 Å². The first-order valence-corrected chi connectivity index (χ1v) is 6.15. The Morgan fingerprint density at radius 3 is 2.95 bits per heavy atom. The zero-order valence-electron chi connectivity index (χ0n) is 11.0. The molecular formula is C15H12FN3O2. The monoisotopic (exact) mass is 285 g/mol. The lowest BCUT2D eigenvalue weighted by atomic mass is 10.1. The van der Waals surface area contributed by atoms with E-state index < -0.39 is 11.7 Å². The van der Waals surface area contributed by atoms with Crippen molar-refractivity contribution in [2.24, 2.45) is 0 Å². The van der Waals surface area contributed by atoms with Crippen molar-refractivity contribution in [2.75, 3.05) is 6.61 Å². The maximum absolute atomic E-state index is 13.3. The smallest absolute Gasteiger partial charge is 0.252 e. The average Bonchev–Trinajstić information content (AvgIpc) is 2.52. The molecule has 0 spiro atoms. The third-order valence-corrected chi connectivity index (χ3v) is 2.59. The first-order valence-electron chi connectivity index (χ1n) is 6.15. The molecule has 2 rings (SSSR count). The van der Waals surface area contributed by atoms with Crippen molar-refractivity contribution in [3.05, 3.63) is 59.2 Å². The molecule has 0 atom stereocenters. The topological polar surface area (TPSA) is 75.1 Å². The molecule has 1 heterocycles. The number of amides is 1. The van der Waals surface area contributed by atoms with Gasteiger partial charge in [-0.05, 0) is 30.3 Å². The highest BCUT2D eigenvalue weighted by Crippen LogP contribution is 2.10. The maximum atomic E-state index is 13.3. The molecule has 0 radical (unpaired) electrons. The minimum absolute atomic E-state index is 0.111. The standard InChI is InChI=1S/C15H12FN3O2/c16-12-6-5-11(3-2-8-20)14(9-12)15(21)17-10-13-4-1-7-18-19-13/h1,4-7,9,20H,8,10H2,(H,17,21). The fraction of sp³-hybridized carbons (Fsp3) is 0.133. The van der Waals surface area contributed by atoms with E-state index in [0.717, 1.165) is 6.07 Å². The second-order valence-corrected chi connectivity index (χ2v) is 4.05. The second kappa shape index (κ2) is 7.12. The van der Waals surface area contributed by atoms with Crippen LogP contribution >= 0.6 is 0 Å². The molecule has 21 heavy (non-hydrogen) atoms. The van der Waals surface area contributed by atoms with Gasteiger partial charge in [0.25, 0.3) is 5.91 Å². The second-order valence-electron chi connectivity index (χ2n) is 4.05. The summed E-state index contributed by atoms with van der Waals surface area (Å²) in [6.07, 6.45) is 1.53. The normalized spacial score (nSPS) is 9.62. The number of hydrogen-bond donors (Lipinski definition) is 2. The van der Waals surface area contributed by atoms with Gasteiger partial charge in [0.2, 0.25) is 0 Å². The van der Waals surface area contributed by atoms with E-state index in [-0.39, 0.29) is 18.7 Å². The summed E-state index contributed by atoms with van der Waals surface area (Å²) in [7, 11) is 0. The van der Waals surface area contributed by atoms with Crippen LogP contribution in [0.1, 0.15) is 21.6 Å². The predicted octanol–water partition coefficient (Wildman–Crippen LogP) is 0.889. The Kier molecular flexibility index (Phi) is 4.96. The minimum atomic E-state index is -0.533. The van der Waals surface area contributed by atoms with Crippen molar-refractivity contribution < 1.29 is 14.3 Å². The Hall–Kier alpha value is -2.78. The summed E-state index contributed by atoms with van der Waals surface area (Å²) in [6.45, 7) is -0.159. The van der Waals surface area contributed by atoms with Gasteiger partial charge in [0, 0.05) is 11.8 Å². The molecule has 0 unspecified atom stereocenters. The van der Waals surface area contributed by atoms with Gasteiger partial charge in [-0.1, -0.05) is 11.8 Å². The molecule has 106 valence electrons. The molecular weight excluding hydrogens is 273 g/mol. The number of hydrogen-bond acceptors (Lipinski definition) is 4. The SMILES string of the molecule is O=C(NCc1cccnn1)c1cc(F)ccc1C#CCO. The van der Waals surface area contributed by atoms with E-state index >= 15 is 0 Å². The highest BCUT2D eigenvalue weighted by Gasteiger charge is 2.11. The Morgan fingerprint density at radius 1 is 1.38 bits per heavy atom. The van der Waals surface area contributed by atoms with E-state index in [1.54, 1.807) is 12.1 Å². The Morgan fingerprint density at radius 2 is 2.24 bits per heavy atom. The number of halogens is 1. The molecule has 0 saturated heterocycles. The summed E-state index contributed by atoms with van der Waals surface area (Å²) in [6, 6.07) is 7.13. The number of nitrogens with one attached hydrogen (secondary N) is 1. The van der Waals surface area contributed by atoms with E-state index in [0.29, 0.717) is 11.3 Å². The van der Waals surface area contributed by atoms with E-state index in [1.807, 2.05) is 0 Å². The van der Waals surface area contributed by atoms with Gasteiger partial charge in [-0.15, -0.1) is 0 Å². The lowest BCUT2D eigenvalue weighted by molar-refractivity contribution is 0.0949. The van der Waals surface area contributed by atoms with E-state index in [9.17, 15) is 9.18 Å². The Labute approximate surface area is 120 Å². The maximum Gasteiger partial charge on any atom is 0.252 e. The van der Waals surface area contributed by atoms with Gasteiger partial charge >= 0.3 is 0 Å². The molecule has 0 fully saturated rings. The van der Waals surface area contributed by atoms with Crippen LogP contribution in [0.3, 0.4) is 0 Å².